The highest BCUT2D eigenvalue weighted by Gasteiger charge is 2.18. The Labute approximate surface area is 179 Å². The number of nitrogens with zero attached hydrogens (tertiary/aromatic N) is 2. The van der Waals surface area contributed by atoms with E-state index in [1.54, 1.807) is 39.3 Å². The normalized spacial score (nSPS) is 11.6. The van der Waals surface area contributed by atoms with Gasteiger partial charge in [-0.3, -0.25) is 9.59 Å². The Bertz CT molecular complexity index is 1110. The molecule has 31 heavy (non-hydrogen) atoms. The molecule has 0 spiro atoms. The van der Waals surface area contributed by atoms with Crippen LogP contribution < -0.4 is 20.3 Å². The molecule has 0 fully saturated rings. The molecule has 8 heteroatoms. The molecule has 1 heterocycles. The van der Waals surface area contributed by atoms with Gasteiger partial charge in [0, 0.05) is 18.2 Å². The number of rotatable bonds is 8. The van der Waals surface area contributed by atoms with E-state index in [0.29, 0.717) is 35.7 Å². The first kappa shape index (κ1) is 22.0. The predicted octanol–water partition coefficient (Wildman–Crippen LogP) is 2.99. The number of hydrogen-bond donors (Lipinski definition) is 1. The zero-order chi connectivity index (χ0) is 22.4. The predicted molar refractivity (Wildman–Crippen MR) is 115 cm³/mol. The van der Waals surface area contributed by atoms with Crippen molar-refractivity contribution in [3.05, 3.63) is 76.3 Å². The molecule has 0 saturated heterocycles. The number of benzene rings is 2. The van der Waals surface area contributed by atoms with Crippen molar-refractivity contribution in [2.45, 2.75) is 19.4 Å². The molecule has 162 valence electrons. The highest BCUT2D eigenvalue weighted by Crippen LogP contribution is 2.27. The molecule has 0 aliphatic rings. The highest BCUT2D eigenvalue weighted by molar-refractivity contribution is 5.79. The molecule has 3 aromatic rings. The van der Waals surface area contributed by atoms with Crippen LogP contribution in [0.3, 0.4) is 0 Å². The molecule has 1 amide bonds. The molecule has 2 aromatic carbocycles. The Kier molecular flexibility index (Phi) is 7.02. The number of nitrogens with one attached hydrogen (secondary N) is 1. The summed E-state index contributed by atoms with van der Waals surface area (Å²) in [6.07, 6.45) is 0.580. The first-order valence-corrected chi connectivity index (χ1v) is 9.77. The van der Waals surface area contributed by atoms with Gasteiger partial charge in [0.25, 0.3) is 5.56 Å². The first-order chi connectivity index (χ1) is 14.9. The van der Waals surface area contributed by atoms with Crippen molar-refractivity contribution < 1.29 is 18.7 Å². The monoisotopic (exact) mass is 425 g/mol. The van der Waals surface area contributed by atoms with E-state index in [1.807, 2.05) is 18.2 Å². The summed E-state index contributed by atoms with van der Waals surface area (Å²) in [6.45, 7) is 1.99. The maximum Gasteiger partial charge on any atom is 0.267 e. The fourth-order valence-electron chi connectivity index (χ4n) is 3.10. The average molecular weight is 425 g/mol. The summed E-state index contributed by atoms with van der Waals surface area (Å²) in [5.41, 5.74) is 1.70. The minimum atomic E-state index is -0.807. The fraction of sp³-hybridized carbons (Fsp3) is 0.261. The van der Waals surface area contributed by atoms with Gasteiger partial charge < -0.3 is 14.8 Å². The SMILES string of the molecule is COc1ccc(CCNC(=O)C(C)n2nc(-c3ccc(F)cc3)ccc2=O)cc1OC. The zero-order valence-corrected chi connectivity index (χ0v) is 17.6. The standard InChI is InChI=1S/C23H24FN3O4/c1-15(23(29)25-13-12-16-4-10-20(30-2)21(14-16)31-3)27-22(28)11-9-19(26-27)17-5-7-18(24)8-6-17/h4-11,14-15H,12-13H2,1-3H3,(H,25,29). The van der Waals surface area contributed by atoms with Crippen molar-refractivity contribution in [2.75, 3.05) is 20.8 Å². The van der Waals surface area contributed by atoms with Crippen molar-refractivity contribution in [1.29, 1.82) is 0 Å². The van der Waals surface area contributed by atoms with Crippen LogP contribution in [0.4, 0.5) is 4.39 Å². The van der Waals surface area contributed by atoms with Crippen LogP contribution in [0.25, 0.3) is 11.3 Å². The molecule has 0 saturated carbocycles. The van der Waals surface area contributed by atoms with E-state index in [0.717, 1.165) is 10.2 Å². The smallest absolute Gasteiger partial charge is 0.267 e. The van der Waals surface area contributed by atoms with E-state index in [1.165, 1.54) is 18.2 Å². The van der Waals surface area contributed by atoms with Gasteiger partial charge in [-0.15, -0.1) is 0 Å². The topological polar surface area (TPSA) is 82.5 Å². The lowest BCUT2D eigenvalue weighted by Crippen LogP contribution is -2.37. The lowest BCUT2D eigenvalue weighted by Gasteiger charge is -2.15. The third-order valence-electron chi connectivity index (χ3n) is 4.87. The second-order valence-electron chi connectivity index (χ2n) is 6.91. The third-order valence-corrected chi connectivity index (χ3v) is 4.87. The lowest BCUT2D eigenvalue weighted by molar-refractivity contribution is -0.124. The van der Waals surface area contributed by atoms with E-state index < -0.39 is 11.6 Å². The summed E-state index contributed by atoms with van der Waals surface area (Å²) >= 11 is 0. The molecule has 1 atom stereocenters. The Morgan fingerprint density at radius 1 is 1.06 bits per heavy atom. The minimum absolute atomic E-state index is 0.327. The van der Waals surface area contributed by atoms with Crippen LogP contribution in [0, 0.1) is 5.82 Å². The van der Waals surface area contributed by atoms with Gasteiger partial charge >= 0.3 is 0 Å². The van der Waals surface area contributed by atoms with Gasteiger partial charge in [0.1, 0.15) is 11.9 Å². The molecule has 0 radical (unpaired) electrons. The molecule has 3 rings (SSSR count). The molecule has 1 N–H and O–H groups in total. The quantitative estimate of drug-likeness (QED) is 0.600. The van der Waals surface area contributed by atoms with Gasteiger partial charge in [-0.05, 0) is 61.4 Å². The van der Waals surface area contributed by atoms with Gasteiger partial charge in [-0.2, -0.15) is 5.10 Å². The number of amides is 1. The van der Waals surface area contributed by atoms with Crippen molar-refractivity contribution in [3.8, 4) is 22.8 Å². The summed E-state index contributed by atoms with van der Waals surface area (Å²) in [5, 5.41) is 7.12. The Morgan fingerprint density at radius 3 is 2.45 bits per heavy atom. The molecule has 0 aliphatic carbocycles. The van der Waals surface area contributed by atoms with Crippen molar-refractivity contribution in [1.82, 2.24) is 15.1 Å². The van der Waals surface area contributed by atoms with Crippen LogP contribution in [0.5, 0.6) is 11.5 Å². The van der Waals surface area contributed by atoms with Crippen LogP contribution in [0.1, 0.15) is 18.5 Å². The number of ether oxygens (including phenoxy) is 2. The molecular formula is C23H24FN3O4. The van der Waals surface area contributed by atoms with Gasteiger partial charge in [0.05, 0.1) is 19.9 Å². The van der Waals surface area contributed by atoms with E-state index in [2.05, 4.69) is 10.4 Å². The van der Waals surface area contributed by atoms with Crippen LogP contribution in [0.15, 0.2) is 59.4 Å². The van der Waals surface area contributed by atoms with Crippen LogP contribution >= 0.6 is 0 Å². The number of carbonyl (C=O) groups is 1. The highest BCUT2D eigenvalue weighted by atomic mass is 19.1. The number of methoxy groups -OCH3 is 2. The van der Waals surface area contributed by atoms with E-state index in [9.17, 15) is 14.0 Å². The second kappa shape index (κ2) is 9.88. The summed E-state index contributed by atoms with van der Waals surface area (Å²) in [7, 11) is 3.13. The Morgan fingerprint density at radius 2 is 1.77 bits per heavy atom. The molecule has 1 aromatic heterocycles. The first-order valence-electron chi connectivity index (χ1n) is 9.77. The molecular weight excluding hydrogens is 401 g/mol. The van der Waals surface area contributed by atoms with Gasteiger partial charge in [-0.25, -0.2) is 9.07 Å². The van der Waals surface area contributed by atoms with E-state index in [-0.39, 0.29) is 11.7 Å². The molecule has 1 unspecified atom stereocenters. The summed E-state index contributed by atoms with van der Waals surface area (Å²) in [5.74, 6) is 0.564. The van der Waals surface area contributed by atoms with Crippen molar-refractivity contribution in [3.63, 3.8) is 0 Å². The van der Waals surface area contributed by atoms with Gasteiger partial charge in [0.2, 0.25) is 5.91 Å². The van der Waals surface area contributed by atoms with Crippen molar-refractivity contribution in [2.24, 2.45) is 0 Å². The summed E-state index contributed by atoms with van der Waals surface area (Å²) in [4.78, 5) is 24.9. The van der Waals surface area contributed by atoms with Gasteiger partial charge in [0.15, 0.2) is 11.5 Å². The largest absolute Gasteiger partial charge is 0.493 e. The molecule has 7 nitrogen and oxygen atoms in total. The minimum Gasteiger partial charge on any atom is -0.493 e. The van der Waals surface area contributed by atoms with E-state index >= 15 is 0 Å². The second-order valence-corrected chi connectivity index (χ2v) is 6.91. The summed E-state index contributed by atoms with van der Waals surface area (Å²) < 4.78 is 24.8. The summed E-state index contributed by atoms with van der Waals surface area (Å²) in [6, 6.07) is 13.4. The number of aromatic nitrogens is 2. The maximum absolute atomic E-state index is 13.2. The fourth-order valence-corrected chi connectivity index (χ4v) is 3.10. The Hall–Kier alpha value is -3.68. The number of halogens is 1. The zero-order valence-electron chi connectivity index (χ0n) is 17.6. The third kappa shape index (κ3) is 5.28. The lowest BCUT2D eigenvalue weighted by atomic mass is 10.1. The number of carbonyl (C=O) groups excluding carboxylic acids is 1. The molecule has 0 aliphatic heterocycles. The van der Waals surface area contributed by atoms with Crippen LogP contribution in [-0.2, 0) is 11.2 Å². The van der Waals surface area contributed by atoms with Crippen LogP contribution in [0.2, 0.25) is 0 Å². The Balaban J connectivity index is 1.67. The maximum atomic E-state index is 13.2. The van der Waals surface area contributed by atoms with E-state index in [4.69, 9.17) is 9.47 Å². The molecule has 0 bridgehead atoms. The van der Waals surface area contributed by atoms with Crippen LogP contribution in [-0.4, -0.2) is 36.5 Å². The number of hydrogen-bond acceptors (Lipinski definition) is 5. The average Bonchev–Trinajstić information content (AvgIpc) is 2.79. The van der Waals surface area contributed by atoms with Crippen molar-refractivity contribution >= 4 is 5.91 Å². The van der Waals surface area contributed by atoms with Gasteiger partial charge in [-0.1, -0.05) is 6.07 Å².